The Balaban J connectivity index is 1.44. The molecule has 0 bridgehead atoms. The third-order valence-corrected chi connectivity index (χ3v) is 4.48. The van der Waals surface area contributed by atoms with Crippen LogP contribution < -0.4 is 5.32 Å². The monoisotopic (exact) mass is 361 g/mol. The number of nitrogens with one attached hydrogen (secondary N) is 2. The van der Waals surface area contributed by atoms with Crippen molar-refractivity contribution in [3.63, 3.8) is 0 Å². The zero-order valence-corrected chi connectivity index (χ0v) is 14.5. The quantitative estimate of drug-likeness (QED) is 0.678. The molecule has 0 fully saturated rings. The minimum Gasteiger partial charge on any atom is -0.349 e. The number of aromatic nitrogens is 2. The van der Waals surface area contributed by atoms with Crippen molar-refractivity contribution in [3.05, 3.63) is 63.9 Å². The molecule has 0 unspecified atom stereocenters. The minimum atomic E-state index is 0.00974. The molecule has 2 aromatic carbocycles. The van der Waals surface area contributed by atoms with Crippen LogP contribution in [-0.2, 0) is 17.8 Å². The average molecular weight is 362 g/mol. The van der Waals surface area contributed by atoms with Crippen molar-refractivity contribution in [1.82, 2.24) is 15.3 Å². The van der Waals surface area contributed by atoms with Crippen LogP contribution in [0.25, 0.3) is 11.0 Å². The van der Waals surface area contributed by atoms with Gasteiger partial charge in [0.15, 0.2) is 0 Å². The highest BCUT2D eigenvalue weighted by Gasteiger charge is 2.06. The van der Waals surface area contributed by atoms with Gasteiger partial charge in [0.2, 0.25) is 5.91 Å². The van der Waals surface area contributed by atoms with Gasteiger partial charge in [-0.05, 0) is 42.7 Å². The Labute approximate surface area is 150 Å². The molecule has 0 saturated heterocycles. The second kappa shape index (κ2) is 7.69. The molecule has 2 N–H and O–H groups in total. The summed E-state index contributed by atoms with van der Waals surface area (Å²) in [5.74, 6) is 0.768. The number of rotatable bonds is 6. The summed E-state index contributed by atoms with van der Waals surface area (Å²) < 4.78 is 0. The number of hydrogen-bond acceptors (Lipinski definition) is 2. The maximum absolute atomic E-state index is 11.9. The number of hydrogen-bond donors (Lipinski definition) is 2. The molecule has 0 spiro atoms. The lowest BCUT2D eigenvalue weighted by molar-refractivity contribution is -0.121. The standard InChI is InChI=1S/C18H17Cl2N3O/c19-13-9-8-12(10-14(13)20)4-3-7-18(24)21-11-17-22-15-5-1-2-6-16(15)23-17/h1-2,5-6,8-10H,3-4,7,11H2,(H,21,24)(H,22,23). The van der Waals surface area contributed by atoms with E-state index in [2.05, 4.69) is 15.3 Å². The molecule has 1 amide bonds. The van der Waals surface area contributed by atoms with E-state index >= 15 is 0 Å². The van der Waals surface area contributed by atoms with Gasteiger partial charge in [-0.2, -0.15) is 0 Å². The van der Waals surface area contributed by atoms with Crippen LogP contribution >= 0.6 is 23.2 Å². The van der Waals surface area contributed by atoms with Crippen LogP contribution in [0.4, 0.5) is 0 Å². The fourth-order valence-electron chi connectivity index (χ4n) is 2.51. The van der Waals surface area contributed by atoms with Gasteiger partial charge in [0.25, 0.3) is 0 Å². The van der Waals surface area contributed by atoms with Gasteiger partial charge in [0, 0.05) is 6.42 Å². The molecule has 6 heteroatoms. The molecule has 24 heavy (non-hydrogen) atoms. The zero-order valence-electron chi connectivity index (χ0n) is 13.0. The number of H-pyrrole nitrogens is 1. The SMILES string of the molecule is O=C(CCCc1ccc(Cl)c(Cl)c1)NCc1nc2ccccc2[nH]1. The molecular weight excluding hydrogens is 345 g/mol. The highest BCUT2D eigenvalue weighted by atomic mass is 35.5. The van der Waals surface area contributed by atoms with Crippen molar-refractivity contribution in [2.75, 3.05) is 0 Å². The molecule has 0 aliphatic carbocycles. The summed E-state index contributed by atoms with van der Waals surface area (Å²) in [4.78, 5) is 19.6. The van der Waals surface area contributed by atoms with Crippen molar-refractivity contribution in [2.24, 2.45) is 0 Å². The van der Waals surface area contributed by atoms with Crippen molar-refractivity contribution in [1.29, 1.82) is 0 Å². The van der Waals surface area contributed by atoms with E-state index in [-0.39, 0.29) is 5.91 Å². The lowest BCUT2D eigenvalue weighted by Gasteiger charge is -2.05. The Morgan fingerprint density at radius 2 is 1.96 bits per heavy atom. The van der Waals surface area contributed by atoms with Crippen molar-refractivity contribution in [3.8, 4) is 0 Å². The fraction of sp³-hybridized carbons (Fsp3) is 0.222. The number of fused-ring (bicyclic) bond motifs is 1. The number of aromatic amines is 1. The van der Waals surface area contributed by atoms with Gasteiger partial charge >= 0.3 is 0 Å². The predicted octanol–water partition coefficient (Wildman–Crippen LogP) is 4.51. The van der Waals surface area contributed by atoms with E-state index in [1.165, 1.54) is 0 Å². The molecule has 0 saturated carbocycles. The molecule has 3 rings (SSSR count). The van der Waals surface area contributed by atoms with E-state index in [4.69, 9.17) is 23.2 Å². The lowest BCUT2D eigenvalue weighted by atomic mass is 10.1. The summed E-state index contributed by atoms with van der Waals surface area (Å²) in [5.41, 5.74) is 2.96. The Hall–Kier alpha value is -2.04. The van der Waals surface area contributed by atoms with Crippen LogP contribution in [0.1, 0.15) is 24.2 Å². The predicted molar refractivity (Wildman–Crippen MR) is 97.3 cm³/mol. The van der Waals surface area contributed by atoms with Crippen LogP contribution in [0.15, 0.2) is 42.5 Å². The molecular formula is C18H17Cl2N3O. The molecule has 0 atom stereocenters. The molecule has 1 aromatic heterocycles. The summed E-state index contributed by atoms with van der Waals surface area (Å²) in [7, 11) is 0. The van der Waals surface area contributed by atoms with Crippen molar-refractivity contribution in [2.45, 2.75) is 25.8 Å². The highest BCUT2D eigenvalue weighted by Crippen LogP contribution is 2.23. The zero-order chi connectivity index (χ0) is 16.9. The van der Waals surface area contributed by atoms with Crippen LogP contribution in [0, 0.1) is 0 Å². The van der Waals surface area contributed by atoms with Crippen molar-refractivity contribution >= 4 is 40.1 Å². The first-order chi connectivity index (χ1) is 11.6. The average Bonchev–Trinajstić information content (AvgIpc) is 2.99. The number of halogens is 2. The summed E-state index contributed by atoms with van der Waals surface area (Å²) in [6.45, 7) is 0.403. The van der Waals surface area contributed by atoms with Gasteiger partial charge < -0.3 is 10.3 Å². The second-order valence-corrected chi connectivity index (χ2v) is 6.39. The number of imidazole rings is 1. The summed E-state index contributed by atoms with van der Waals surface area (Å²) in [6.07, 6.45) is 2.00. The van der Waals surface area contributed by atoms with Crippen LogP contribution in [0.5, 0.6) is 0 Å². The van der Waals surface area contributed by atoms with E-state index in [1.54, 1.807) is 6.07 Å². The third-order valence-electron chi connectivity index (χ3n) is 3.74. The van der Waals surface area contributed by atoms with E-state index in [1.807, 2.05) is 36.4 Å². The van der Waals surface area contributed by atoms with Crippen LogP contribution in [0.3, 0.4) is 0 Å². The maximum Gasteiger partial charge on any atom is 0.220 e. The van der Waals surface area contributed by atoms with Crippen LogP contribution in [-0.4, -0.2) is 15.9 Å². The maximum atomic E-state index is 11.9. The van der Waals surface area contributed by atoms with Gasteiger partial charge in [-0.1, -0.05) is 41.4 Å². The Kier molecular flexibility index (Phi) is 5.38. The smallest absolute Gasteiger partial charge is 0.220 e. The molecule has 3 aromatic rings. The van der Waals surface area contributed by atoms with Crippen molar-refractivity contribution < 1.29 is 4.79 Å². The molecule has 4 nitrogen and oxygen atoms in total. The number of carbonyl (C=O) groups excluding carboxylic acids is 1. The third kappa shape index (κ3) is 4.28. The minimum absolute atomic E-state index is 0.00974. The topological polar surface area (TPSA) is 57.8 Å². The van der Waals surface area contributed by atoms with E-state index < -0.39 is 0 Å². The largest absolute Gasteiger partial charge is 0.349 e. The van der Waals surface area contributed by atoms with E-state index in [9.17, 15) is 4.79 Å². The van der Waals surface area contributed by atoms with Gasteiger partial charge in [-0.25, -0.2) is 4.98 Å². The first-order valence-corrected chi connectivity index (χ1v) is 8.51. The number of benzene rings is 2. The van der Waals surface area contributed by atoms with E-state index in [0.717, 1.165) is 35.3 Å². The molecule has 0 radical (unpaired) electrons. The fourth-order valence-corrected chi connectivity index (χ4v) is 2.83. The lowest BCUT2D eigenvalue weighted by Crippen LogP contribution is -2.23. The normalized spacial score (nSPS) is 10.9. The Bertz CT molecular complexity index is 827. The number of aryl methyl sites for hydroxylation is 1. The van der Waals surface area contributed by atoms with Gasteiger partial charge in [0.1, 0.15) is 5.82 Å². The summed E-state index contributed by atoms with van der Waals surface area (Å²) >= 11 is 11.9. The highest BCUT2D eigenvalue weighted by molar-refractivity contribution is 6.42. The molecule has 1 heterocycles. The van der Waals surface area contributed by atoms with Gasteiger partial charge in [-0.3, -0.25) is 4.79 Å². The Morgan fingerprint density at radius 3 is 2.75 bits per heavy atom. The number of nitrogens with zero attached hydrogens (tertiary/aromatic N) is 1. The second-order valence-electron chi connectivity index (χ2n) is 5.58. The molecule has 0 aliphatic heterocycles. The summed E-state index contributed by atoms with van der Waals surface area (Å²) in [5, 5.41) is 3.98. The first-order valence-electron chi connectivity index (χ1n) is 7.76. The van der Waals surface area contributed by atoms with Gasteiger partial charge in [-0.15, -0.1) is 0 Å². The first kappa shape index (κ1) is 16.8. The Morgan fingerprint density at radius 1 is 1.12 bits per heavy atom. The molecule has 124 valence electrons. The van der Waals surface area contributed by atoms with E-state index in [0.29, 0.717) is 23.0 Å². The number of amides is 1. The van der Waals surface area contributed by atoms with Crippen LogP contribution in [0.2, 0.25) is 10.0 Å². The molecule has 0 aliphatic rings. The summed E-state index contributed by atoms with van der Waals surface area (Å²) in [6, 6.07) is 13.3. The number of carbonyl (C=O) groups is 1. The number of para-hydroxylation sites is 2. The van der Waals surface area contributed by atoms with Gasteiger partial charge in [0.05, 0.1) is 27.6 Å².